The molecule has 1 aliphatic rings. The summed E-state index contributed by atoms with van der Waals surface area (Å²) < 4.78 is 10.3. The van der Waals surface area contributed by atoms with E-state index in [-0.39, 0.29) is 0 Å². The topological polar surface area (TPSA) is 59.0 Å². The van der Waals surface area contributed by atoms with Crippen molar-refractivity contribution in [1.29, 1.82) is 0 Å². The normalized spacial score (nSPS) is 21.7. The van der Waals surface area contributed by atoms with Crippen LogP contribution in [0.2, 0.25) is 0 Å². The molecule has 0 aliphatic carbocycles. The number of hydrogen-bond acceptors (Lipinski definition) is 4. The summed E-state index contributed by atoms with van der Waals surface area (Å²) >= 11 is 0. The lowest BCUT2D eigenvalue weighted by Crippen LogP contribution is -2.71. The zero-order valence-electron chi connectivity index (χ0n) is 9.03. The minimum Gasteiger partial charge on any atom is -0.480 e. The molecule has 0 aromatic heterocycles. The molecule has 0 bridgehead atoms. The van der Waals surface area contributed by atoms with E-state index >= 15 is 0 Å². The van der Waals surface area contributed by atoms with Gasteiger partial charge in [0.05, 0.1) is 13.1 Å². The van der Waals surface area contributed by atoms with Crippen molar-refractivity contribution >= 4 is 5.97 Å². The maximum atomic E-state index is 10.9. The number of methoxy groups -OCH3 is 2. The summed E-state index contributed by atoms with van der Waals surface area (Å²) in [6.07, 6.45) is 0. The number of aliphatic carboxylic acids is 1. The summed E-state index contributed by atoms with van der Waals surface area (Å²) in [5.74, 6) is -1.45. The number of hydrogen-bond donors (Lipinski definition) is 1. The molecule has 1 N–H and O–H groups in total. The van der Waals surface area contributed by atoms with Crippen LogP contribution in [-0.2, 0) is 14.3 Å². The summed E-state index contributed by atoms with van der Waals surface area (Å²) in [6.45, 7) is 4.31. The van der Waals surface area contributed by atoms with Gasteiger partial charge < -0.3 is 14.6 Å². The van der Waals surface area contributed by atoms with Crippen LogP contribution in [0.4, 0.5) is 0 Å². The average Bonchev–Trinajstić information content (AvgIpc) is 2.03. The summed E-state index contributed by atoms with van der Waals surface area (Å²) in [7, 11) is 3.13. The number of rotatable bonds is 4. The Kier molecular flexibility index (Phi) is 2.85. The number of carboxylic acids is 1. The summed E-state index contributed by atoms with van der Waals surface area (Å²) in [6, 6.07) is 0. The fraction of sp³-hybridized carbons (Fsp3) is 0.889. The highest BCUT2D eigenvalue weighted by atomic mass is 16.7. The van der Waals surface area contributed by atoms with E-state index in [9.17, 15) is 4.79 Å². The van der Waals surface area contributed by atoms with Crippen LogP contribution < -0.4 is 0 Å². The largest absolute Gasteiger partial charge is 0.480 e. The first-order chi connectivity index (χ1) is 6.38. The number of nitrogens with zero attached hydrogens (tertiary/aromatic N) is 1. The number of carbonyl (C=O) groups is 1. The third-order valence-corrected chi connectivity index (χ3v) is 2.92. The first-order valence-corrected chi connectivity index (χ1v) is 4.47. The highest BCUT2D eigenvalue weighted by Gasteiger charge is 2.51. The number of likely N-dealkylation sites (tertiary alicyclic amines) is 1. The highest BCUT2D eigenvalue weighted by Crippen LogP contribution is 2.31. The van der Waals surface area contributed by atoms with Gasteiger partial charge in [0.2, 0.25) is 0 Å². The summed E-state index contributed by atoms with van der Waals surface area (Å²) in [5.41, 5.74) is -0.861. The molecule has 82 valence electrons. The van der Waals surface area contributed by atoms with Crippen LogP contribution in [0.5, 0.6) is 0 Å². The maximum Gasteiger partial charge on any atom is 0.323 e. The van der Waals surface area contributed by atoms with Gasteiger partial charge in [-0.1, -0.05) is 0 Å². The Morgan fingerprint density at radius 2 is 1.79 bits per heavy atom. The lowest BCUT2D eigenvalue weighted by Gasteiger charge is -2.52. The van der Waals surface area contributed by atoms with E-state index < -0.39 is 17.3 Å². The fourth-order valence-corrected chi connectivity index (χ4v) is 1.41. The lowest BCUT2D eigenvalue weighted by atomic mass is 9.95. The van der Waals surface area contributed by atoms with Gasteiger partial charge >= 0.3 is 5.97 Å². The van der Waals surface area contributed by atoms with Gasteiger partial charge in [-0.25, -0.2) is 0 Å². The van der Waals surface area contributed by atoms with E-state index in [2.05, 4.69) is 0 Å². The molecule has 1 aliphatic heterocycles. The molecule has 1 rings (SSSR count). The van der Waals surface area contributed by atoms with Crippen LogP contribution >= 0.6 is 0 Å². The third-order valence-electron chi connectivity index (χ3n) is 2.92. The second-order valence-electron chi connectivity index (χ2n) is 4.04. The SMILES string of the molecule is COC1(OC)CN(C(C)(C)C(=O)O)C1. The Morgan fingerprint density at radius 3 is 2.07 bits per heavy atom. The molecule has 0 radical (unpaired) electrons. The van der Waals surface area contributed by atoms with Crippen LogP contribution in [0.3, 0.4) is 0 Å². The van der Waals surface area contributed by atoms with Crippen molar-refractivity contribution in [3.63, 3.8) is 0 Å². The van der Waals surface area contributed by atoms with Gasteiger partial charge in [-0.15, -0.1) is 0 Å². The molecule has 5 heteroatoms. The van der Waals surface area contributed by atoms with Crippen molar-refractivity contribution in [3.05, 3.63) is 0 Å². The molecule has 0 saturated carbocycles. The first-order valence-electron chi connectivity index (χ1n) is 4.47. The fourth-order valence-electron chi connectivity index (χ4n) is 1.41. The average molecular weight is 203 g/mol. The molecule has 1 fully saturated rings. The van der Waals surface area contributed by atoms with Crippen LogP contribution in [0.25, 0.3) is 0 Å². The lowest BCUT2D eigenvalue weighted by molar-refractivity contribution is -0.289. The maximum absolute atomic E-state index is 10.9. The van der Waals surface area contributed by atoms with Gasteiger partial charge in [-0.3, -0.25) is 9.69 Å². The molecule has 1 heterocycles. The van der Waals surface area contributed by atoms with Gasteiger partial charge in [0.15, 0.2) is 5.79 Å². The molecule has 14 heavy (non-hydrogen) atoms. The molecule has 1 saturated heterocycles. The van der Waals surface area contributed by atoms with Crippen molar-refractivity contribution in [2.45, 2.75) is 25.2 Å². The predicted octanol–water partition coefficient (Wildman–Crippen LogP) is 0.154. The minimum absolute atomic E-state index is 0.485. The molecule has 0 amide bonds. The van der Waals surface area contributed by atoms with Gasteiger partial charge in [-0.2, -0.15) is 0 Å². The number of ether oxygens (including phenoxy) is 2. The van der Waals surface area contributed by atoms with E-state index in [0.717, 1.165) is 0 Å². The van der Waals surface area contributed by atoms with Crippen molar-refractivity contribution in [2.24, 2.45) is 0 Å². The second kappa shape index (κ2) is 3.49. The zero-order valence-corrected chi connectivity index (χ0v) is 9.03. The van der Waals surface area contributed by atoms with Crippen molar-refractivity contribution in [2.75, 3.05) is 27.3 Å². The second-order valence-corrected chi connectivity index (χ2v) is 4.04. The quantitative estimate of drug-likeness (QED) is 0.659. The van der Waals surface area contributed by atoms with Gasteiger partial charge in [0.1, 0.15) is 5.54 Å². The standard InChI is InChI=1S/C9H17NO4/c1-8(2,7(11)12)10-5-9(6-10,13-3)14-4/h5-6H2,1-4H3,(H,11,12). The monoisotopic (exact) mass is 203 g/mol. The Bertz CT molecular complexity index is 227. The predicted molar refractivity (Wildman–Crippen MR) is 50.0 cm³/mol. The Hall–Kier alpha value is -0.650. The van der Waals surface area contributed by atoms with Gasteiger partial charge in [0, 0.05) is 14.2 Å². The van der Waals surface area contributed by atoms with Crippen LogP contribution in [0, 0.1) is 0 Å². The van der Waals surface area contributed by atoms with Crippen LogP contribution in [0.15, 0.2) is 0 Å². The summed E-state index contributed by atoms with van der Waals surface area (Å²) in [4.78, 5) is 12.7. The molecule has 0 unspecified atom stereocenters. The van der Waals surface area contributed by atoms with E-state index in [0.29, 0.717) is 13.1 Å². The van der Waals surface area contributed by atoms with E-state index in [1.54, 1.807) is 28.1 Å². The smallest absolute Gasteiger partial charge is 0.323 e. The Balaban J connectivity index is 2.60. The molecule has 0 atom stereocenters. The molecular weight excluding hydrogens is 186 g/mol. The highest BCUT2D eigenvalue weighted by molar-refractivity contribution is 5.77. The minimum atomic E-state index is -0.861. The number of carboxylic acid groups (broad SMARTS) is 1. The Labute approximate surface area is 83.6 Å². The zero-order chi connectivity index (χ0) is 11.0. The van der Waals surface area contributed by atoms with Crippen molar-refractivity contribution in [1.82, 2.24) is 4.90 Å². The Morgan fingerprint density at radius 1 is 1.36 bits per heavy atom. The van der Waals surface area contributed by atoms with Crippen LogP contribution in [0.1, 0.15) is 13.8 Å². The van der Waals surface area contributed by atoms with Crippen LogP contribution in [-0.4, -0.2) is 54.6 Å². The third kappa shape index (κ3) is 1.63. The first kappa shape index (κ1) is 11.4. The molecule has 0 spiro atoms. The van der Waals surface area contributed by atoms with E-state index in [1.807, 2.05) is 4.90 Å². The van der Waals surface area contributed by atoms with Crippen molar-refractivity contribution in [3.8, 4) is 0 Å². The molecule has 0 aromatic rings. The van der Waals surface area contributed by atoms with Crippen molar-refractivity contribution < 1.29 is 19.4 Å². The van der Waals surface area contributed by atoms with E-state index in [4.69, 9.17) is 14.6 Å². The van der Waals surface area contributed by atoms with E-state index in [1.165, 1.54) is 0 Å². The molecule has 0 aromatic carbocycles. The molecular formula is C9H17NO4. The molecule has 5 nitrogen and oxygen atoms in total. The summed E-state index contributed by atoms with van der Waals surface area (Å²) in [5, 5.41) is 8.97. The van der Waals surface area contributed by atoms with Gasteiger partial charge in [-0.05, 0) is 13.8 Å². The van der Waals surface area contributed by atoms with Gasteiger partial charge in [0.25, 0.3) is 0 Å².